The zero-order chi connectivity index (χ0) is 18.3. The average molecular weight is 367 g/mol. The average Bonchev–Trinajstić information content (AvgIpc) is 2.61. The van der Waals surface area contributed by atoms with Gasteiger partial charge in [0.2, 0.25) is 15.9 Å². The van der Waals surface area contributed by atoms with Crippen molar-refractivity contribution in [1.29, 1.82) is 0 Å². The molecule has 2 N–H and O–H groups in total. The van der Waals surface area contributed by atoms with Crippen molar-refractivity contribution < 1.29 is 13.2 Å². The molecule has 1 aromatic carbocycles. The molecule has 0 radical (unpaired) electrons. The molecule has 2 rings (SSSR count). The highest BCUT2D eigenvalue weighted by Crippen LogP contribution is 2.22. The second-order valence-electron chi connectivity index (χ2n) is 7.18. The van der Waals surface area contributed by atoms with Gasteiger partial charge in [-0.2, -0.15) is 0 Å². The van der Waals surface area contributed by atoms with Gasteiger partial charge in [-0.1, -0.05) is 45.2 Å². The zero-order valence-electron chi connectivity index (χ0n) is 15.3. The van der Waals surface area contributed by atoms with Gasteiger partial charge in [0.25, 0.3) is 0 Å². The molecule has 25 heavy (non-hydrogen) atoms. The Morgan fingerprint density at radius 1 is 1.12 bits per heavy atom. The van der Waals surface area contributed by atoms with E-state index in [4.69, 9.17) is 0 Å². The summed E-state index contributed by atoms with van der Waals surface area (Å²) in [7, 11) is -3.56. The van der Waals surface area contributed by atoms with Crippen LogP contribution in [0.3, 0.4) is 0 Å². The maximum atomic E-state index is 12.3. The first kappa shape index (κ1) is 19.9. The van der Waals surface area contributed by atoms with E-state index in [9.17, 15) is 13.2 Å². The Morgan fingerprint density at radius 3 is 2.36 bits per heavy atom. The summed E-state index contributed by atoms with van der Waals surface area (Å²) in [5, 5.41) is 2.92. The quantitative estimate of drug-likeness (QED) is 0.742. The second-order valence-corrected chi connectivity index (χ2v) is 8.95. The van der Waals surface area contributed by atoms with Gasteiger partial charge in [-0.3, -0.25) is 4.79 Å². The predicted octanol–water partition coefficient (Wildman–Crippen LogP) is 3.17. The van der Waals surface area contributed by atoms with Gasteiger partial charge in [0.1, 0.15) is 0 Å². The Morgan fingerprint density at radius 2 is 1.76 bits per heavy atom. The molecule has 1 aromatic rings. The van der Waals surface area contributed by atoms with Crippen molar-refractivity contribution in [3.05, 3.63) is 29.8 Å². The number of carbonyl (C=O) groups is 1. The van der Waals surface area contributed by atoms with Crippen LogP contribution >= 0.6 is 0 Å². The van der Waals surface area contributed by atoms with Gasteiger partial charge < -0.3 is 5.32 Å². The molecular formula is C19H30N2O3S. The van der Waals surface area contributed by atoms with Gasteiger partial charge in [0.05, 0.1) is 4.90 Å². The number of nitrogens with one attached hydrogen (secondary N) is 2. The zero-order valence-corrected chi connectivity index (χ0v) is 16.1. The van der Waals surface area contributed by atoms with Crippen molar-refractivity contribution in [3.63, 3.8) is 0 Å². The highest BCUT2D eigenvalue weighted by atomic mass is 32.2. The Labute approximate surface area is 151 Å². The highest BCUT2D eigenvalue weighted by Gasteiger charge is 2.16. The Bertz CT molecular complexity index is 648. The molecule has 6 heteroatoms. The van der Waals surface area contributed by atoms with Gasteiger partial charge in [-0.05, 0) is 42.4 Å². The van der Waals surface area contributed by atoms with Crippen LogP contribution in [0.25, 0.3) is 0 Å². The topological polar surface area (TPSA) is 75.3 Å². The van der Waals surface area contributed by atoms with Crippen LogP contribution in [0.2, 0.25) is 0 Å². The van der Waals surface area contributed by atoms with Crippen LogP contribution in [0.5, 0.6) is 0 Å². The minimum absolute atomic E-state index is 0.0940. The second kappa shape index (κ2) is 9.34. The summed E-state index contributed by atoms with van der Waals surface area (Å²) < 4.78 is 27.0. The van der Waals surface area contributed by atoms with E-state index < -0.39 is 10.0 Å². The molecule has 0 heterocycles. The largest absolute Gasteiger partial charge is 0.356 e. The van der Waals surface area contributed by atoms with E-state index in [-0.39, 0.29) is 23.8 Å². The van der Waals surface area contributed by atoms with E-state index in [1.54, 1.807) is 12.1 Å². The van der Waals surface area contributed by atoms with Crippen LogP contribution in [-0.2, 0) is 14.8 Å². The van der Waals surface area contributed by atoms with Crippen LogP contribution in [-0.4, -0.2) is 27.4 Å². The van der Waals surface area contributed by atoms with Crippen LogP contribution < -0.4 is 10.0 Å². The minimum Gasteiger partial charge on any atom is -0.356 e. The number of amides is 1. The number of benzene rings is 1. The van der Waals surface area contributed by atoms with Crippen molar-refractivity contribution in [1.82, 2.24) is 10.0 Å². The fourth-order valence-corrected chi connectivity index (χ4v) is 4.18. The van der Waals surface area contributed by atoms with Crippen molar-refractivity contribution in [2.75, 3.05) is 13.1 Å². The lowest BCUT2D eigenvalue weighted by molar-refractivity contribution is -0.121. The normalized spacial score (nSPS) is 16.1. The van der Waals surface area contributed by atoms with E-state index in [0.717, 1.165) is 5.56 Å². The lowest BCUT2D eigenvalue weighted by Gasteiger charge is -2.21. The predicted molar refractivity (Wildman–Crippen MR) is 99.9 cm³/mol. The van der Waals surface area contributed by atoms with Crippen LogP contribution in [0.15, 0.2) is 29.2 Å². The summed E-state index contributed by atoms with van der Waals surface area (Å²) in [6.07, 6.45) is 6.31. The smallest absolute Gasteiger partial charge is 0.240 e. The van der Waals surface area contributed by atoms with Gasteiger partial charge in [0.15, 0.2) is 0 Å². The monoisotopic (exact) mass is 366 g/mol. The summed E-state index contributed by atoms with van der Waals surface area (Å²) in [5.41, 5.74) is 1.10. The first-order chi connectivity index (χ1) is 11.9. The molecule has 1 aliphatic carbocycles. The SMILES string of the molecule is CC(C)c1ccc(S(=O)(=O)NCCC(=O)NCC2CCCCC2)cc1. The Balaban J connectivity index is 1.74. The van der Waals surface area contributed by atoms with Gasteiger partial charge in [0, 0.05) is 19.5 Å². The van der Waals surface area contributed by atoms with E-state index in [1.165, 1.54) is 32.1 Å². The number of hydrogen-bond acceptors (Lipinski definition) is 3. The third-order valence-corrected chi connectivity index (χ3v) is 6.29. The van der Waals surface area contributed by atoms with Crippen molar-refractivity contribution in [2.24, 2.45) is 5.92 Å². The summed E-state index contributed by atoms with van der Waals surface area (Å²) in [4.78, 5) is 12.1. The molecule has 0 spiro atoms. The van der Waals surface area contributed by atoms with Crippen LogP contribution in [0.1, 0.15) is 63.9 Å². The van der Waals surface area contributed by atoms with Crippen LogP contribution in [0, 0.1) is 5.92 Å². The molecule has 1 amide bonds. The van der Waals surface area contributed by atoms with E-state index >= 15 is 0 Å². The van der Waals surface area contributed by atoms with Gasteiger partial charge >= 0.3 is 0 Å². The maximum Gasteiger partial charge on any atom is 0.240 e. The Hall–Kier alpha value is -1.40. The first-order valence-electron chi connectivity index (χ1n) is 9.25. The number of sulfonamides is 1. The summed E-state index contributed by atoms with van der Waals surface area (Å²) >= 11 is 0. The molecule has 1 fully saturated rings. The van der Waals surface area contributed by atoms with E-state index in [1.807, 2.05) is 12.1 Å². The molecule has 1 aliphatic rings. The lowest BCUT2D eigenvalue weighted by Crippen LogP contribution is -2.33. The molecule has 0 aromatic heterocycles. The lowest BCUT2D eigenvalue weighted by atomic mass is 9.89. The van der Waals surface area contributed by atoms with Crippen LogP contribution in [0.4, 0.5) is 0 Å². The van der Waals surface area contributed by atoms with Gasteiger partial charge in [-0.15, -0.1) is 0 Å². The standard InChI is InChI=1S/C19H30N2O3S/c1-15(2)17-8-10-18(11-9-17)25(23,24)21-13-12-19(22)20-14-16-6-4-3-5-7-16/h8-11,15-16,21H,3-7,12-14H2,1-2H3,(H,20,22). The molecule has 140 valence electrons. The van der Waals surface area contributed by atoms with Crippen molar-refractivity contribution in [2.45, 2.75) is 63.2 Å². The van der Waals surface area contributed by atoms with E-state index in [2.05, 4.69) is 23.9 Å². The minimum atomic E-state index is -3.56. The molecule has 5 nitrogen and oxygen atoms in total. The van der Waals surface area contributed by atoms with Crippen molar-refractivity contribution in [3.8, 4) is 0 Å². The molecule has 0 saturated heterocycles. The number of hydrogen-bond donors (Lipinski definition) is 2. The number of rotatable bonds is 8. The first-order valence-corrected chi connectivity index (χ1v) is 10.7. The fraction of sp³-hybridized carbons (Fsp3) is 0.632. The molecule has 0 bridgehead atoms. The maximum absolute atomic E-state index is 12.3. The number of carbonyl (C=O) groups excluding carboxylic acids is 1. The highest BCUT2D eigenvalue weighted by molar-refractivity contribution is 7.89. The molecular weight excluding hydrogens is 336 g/mol. The molecule has 1 saturated carbocycles. The molecule has 0 atom stereocenters. The van der Waals surface area contributed by atoms with E-state index in [0.29, 0.717) is 18.4 Å². The van der Waals surface area contributed by atoms with Crippen molar-refractivity contribution >= 4 is 15.9 Å². The molecule has 0 aliphatic heterocycles. The van der Waals surface area contributed by atoms with Gasteiger partial charge in [-0.25, -0.2) is 13.1 Å². The Kier molecular flexibility index (Phi) is 7.44. The summed E-state index contributed by atoms with van der Waals surface area (Å²) in [6.45, 7) is 4.95. The molecule has 0 unspecified atom stereocenters. The third kappa shape index (κ3) is 6.44. The summed E-state index contributed by atoms with van der Waals surface area (Å²) in [6, 6.07) is 6.88. The fourth-order valence-electron chi connectivity index (χ4n) is 3.15. The summed E-state index contributed by atoms with van der Waals surface area (Å²) in [5.74, 6) is 0.842. The third-order valence-electron chi connectivity index (χ3n) is 4.81.